The van der Waals surface area contributed by atoms with Crippen molar-refractivity contribution in [1.82, 2.24) is 10.2 Å². The minimum Gasteiger partial charge on any atom is -0.317 e. The molecule has 1 atom stereocenters. The predicted octanol–water partition coefficient (Wildman–Crippen LogP) is 2.74. The average molecular weight is 232 g/mol. The van der Waals surface area contributed by atoms with Crippen LogP contribution in [0, 0.1) is 6.92 Å². The van der Waals surface area contributed by atoms with Crippen LogP contribution in [0.25, 0.3) is 0 Å². The van der Waals surface area contributed by atoms with E-state index < -0.39 is 0 Å². The van der Waals surface area contributed by atoms with Crippen LogP contribution in [0.3, 0.4) is 0 Å². The predicted molar refractivity (Wildman–Crippen MR) is 73.3 cm³/mol. The van der Waals surface area contributed by atoms with Crippen molar-refractivity contribution in [3.63, 3.8) is 0 Å². The van der Waals surface area contributed by atoms with Crippen molar-refractivity contribution in [3.05, 3.63) is 35.4 Å². The van der Waals surface area contributed by atoms with Gasteiger partial charge in [-0.05, 0) is 64.0 Å². The fourth-order valence-electron chi connectivity index (χ4n) is 2.69. The van der Waals surface area contributed by atoms with Gasteiger partial charge in [0.05, 0.1) is 0 Å². The molecule has 1 saturated heterocycles. The van der Waals surface area contributed by atoms with Crippen LogP contribution >= 0.6 is 0 Å². The zero-order valence-corrected chi connectivity index (χ0v) is 11.1. The zero-order chi connectivity index (χ0) is 12.1. The standard InChI is InChI=1S/C15H24N2/c1-13-7-3-4-8-15(13)14(2)17-11-5-9-16-10-6-12-17/h3-4,7-8,14,16H,5-6,9-12H2,1-2H3. The lowest BCUT2D eigenvalue weighted by molar-refractivity contribution is 0.195. The van der Waals surface area contributed by atoms with Gasteiger partial charge in [0.15, 0.2) is 0 Å². The SMILES string of the molecule is Cc1ccccc1C(C)N1CCCNCCC1. The Kier molecular flexibility index (Phi) is 4.57. The molecular weight excluding hydrogens is 208 g/mol. The molecule has 0 aromatic heterocycles. The maximum Gasteiger partial charge on any atom is 0.0322 e. The molecule has 2 rings (SSSR count). The van der Waals surface area contributed by atoms with Gasteiger partial charge in [-0.1, -0.05) is 24.3 Å². The molecule has 0 amide bonds. The van der Waals surface area contributed by atoms with E-state index in [0.717, 1.165) is 13.1 Å². The first-order chi connectivity index (χ1) is 8.29. The first-order valence-corrected chi connectivity index (χ1v) is 6.79. The molecule has 0 radical (unpaired) electrons. The molecule has 1 aromatic carbocycles. The Morgan fingerprint density at radius 2 is 1.76 bits per heavy atom. The lowest BCUT2D eigenvalue weighted by atomic mass is 10.0. The van der Waals surface area contributed by atoms with Crippen molar-refractivity contribution >= 4 is 0 Å². The highest BCUT2D eigenvalue weighted by molar-refractivity contribution is 5.28. The summed E-state index contributed by atoms with van der Waals surface area (Å²) in [6, 6.07) is 9.33. The maximum absolute atomic E-state index is 3.47. The third-order valence-electron chi connectivity index (χ3n) is 3.78. The number of hydrogen-bond acceptors (Lipinski definition) is 2. The molecule has 0 aliphatic carbocycles. The third kappa shape index (κ3) is 3.30. The van der Waals surface area contributed by atoms with Crippen LogP contribution in [-0.4, -0.2) is 31.1 Å². The van der Waals surface area contributed by atoms with Crippen LogP contribution in [0.1, 0.15) is 36.9 Å². The molecule has 1 aromatic rings. The van der Waals surface area contributed by atoms with E-state index in [2.05, 4.69) is 48.3 Å². The topological polar surface area (TPSA) is 15.3 Å². The Morgan fingerprint density at radius 1 is 1.12 bits per heavy atom. The lowest BCUT2D eigenvalue weighted by Crippen LogP contribution is -2.35. The van der Waals surface area contributed by atoms with Crippen molar-refractivity contribution in [1.29, 1.82) is 0 Å². The van der Waals surface area contributed by atoms with Gasteiger partial charge in [0.25, 0.3) is 0 Å². The van der Waals surface area contributed by atoms with E-state index in [4.69, 9.17) is 0 Å². The van der Waals surface area contributed by atoms with Crippen LogP contribution in [0.4, 0.5) is 0 Å². The van der Waals surface area contributed by atoms with Gasteiger partial charge in [0.1, 0.15) is 0 Å². The molecule has 94 valence electrons. The lowest BCUT2D eigenvalue weighted by Gasteiger charge is -2.32. The van der Waals surface area contributed by atoms with E-state index in [1.807, 2.05) is 0 Å². The summed E-state index contributed by atoms with van der Waals surface area (Å²) in [5.74, 6) is 0. The van der Waals surface area contributed by atoms with E-state index in [9.17, 15) is 0 Å². The van der Waals surface area contributed by atoms with Gasteiger partial charge >= 0.3 is 0 Å². The summed E-state index contributed by atoms with van der Waals surface area (Å²) >= 11 is 0. The minimum absolute atomic E-state index is 0.550. The summed E-state index contributed by atoms with van der Waals surface area (Å²) in [7, 11) is 0. The van der Waals surface area contributed by atoms with Crippen LogP contribution in [-0.2, 0) is 0 Å². The second-order valence-electron chi connectivity index (χ2n) is 5.03. The van der Waals surface area contributed by atoms with E-state index in [1.54, 1.807) is 0 Å². The molecule has 1 heterocycles. The molecule has 2 nitrogen and oxygen atoms in total. The number of nitrogens with zero attached hydrogens (tertiary/aromatic N) is 1. The molecule has 17 heavy (non-hydrogen) atoms. The molecule has 0 saturated carbocycles. The average Bonchev–Trinajstić information content (AvgIpc) is 2.28. The second kappa shape index (κ2) is 6.18. The fraction of sp³-hybridized carbons (Fsp3) is 0.600. The van der Waals surface area contributed by atoms with Crippen molar-refractivity contribution in [2.24, 2.45) is 0 Å². The Balaban J connectivity index is 2.07. The Labute approximate surface area is 105 Å². The van der Waals surface area contributed by atoms with E-state index in [-0.39, 0.29) is 0 Å². The number of hydrogen-bond donors (Lipinski definition) is 1. The highest BCUT2D eigenvalue weighted by Gasteiger charge is 2.17. The summed E-state index contributed by atoms with van der Waals surface area (Å²) in [6.45, 7) is 9.31. The molecule has 1 aliphatic heterocycles. The third-order valence-corrected chi connectivity index (χ3v) is 3.78. The first-order valence-electron chi connectivity index (χ1n) is 6.79. The first kappa shape index (κ1) is 12.6. The minimum atomic E-state index is 0.550. The van der Waals surface area contributed by atoms with Crippen molar-refractivity contribution in [2.45, 2.75) is 32.7 Å². The van der Waals surface area contributed by atoms with E-state index in [1.165, 1.54) is 37.1 Å². The summed E-state index contributed by atoms with van der Waals surface area (Å²) in [6.07, 6.45) is 2.52. The van der Waals surface area contributed by atoms with Crippen LogP contribution in [0.5, 0.6) is 0 Å². The quantitative estimate of drug-likeness (QED) is 0.843. The second-order valence-corrected chi connectivity index (χ2v) is 5.03. The van der Waals surface area contributed by atoms with Gasteiger partial charge in [0.2, 0.25) is 0 Å². The van der Waals surface area contributed by atoms with Gasteiger partial charge in [0, 0.05) is 6.04 Å². The number of aryl methyl sites for hydroxylation is 1. The highest BCUT2D eigenvalue weighted by Crippen LogP contribution is 2.23. The molecule has 2 heteroatoms. The molecular formula is C15H24N2. The monoisotopic (exact) mass is 232 g/mol. The van der Waals surface area contributed by atoms with Crippen LogP contribution in [0.15, 0.2) is 24.3 Å². The van der Waals surface area contributed by atoms with Gasteiger partial charge in [-0.15, -0.1) is 0 Å². The van der Waals surface area contributed by atoms with Gasteiger partial charge in [-0.2, -0.15) is 0 Å². The summed E-state index contributed by atoms with van der Waals surface area (Å²) in [5.41, 5.74) is 2.90. The van der Waals surface area contributed by atoms with Gasteiger partial charge in [-0.25, -0.2) is 0 Å². The normalized spacial score (nSPS) is 20.6. The highest BCUT2D eigenvalue weighted by atomic mass is 15.2. The summed E-state index contributed by atoms with van der Waals surface area (Å²) < 4.78 is 0. The Morgan fingerprint density at radius 3 is 2.41 bits per heavy atom. The van der Waals surface area contributed by atoms with Crippen LogP contribution in [0.2, 0.25) is 0 Å². The van der Waals surface area contributed by atoms with Crippen molar-refractivity contribution in [3.8, 4) is 0 Å². The largest absolute Gasteiger partial charge is 0.317 e. The number of rotatable bonds is 2. The fourth-order valence-corrected chi connectivity index (χ4v) is 2.69. The van der Waals surface area contributed by atoms with Gasteiger partial charge in [-0.3, -0.25) is 4.90 Å². The van der Waals surface area contributed by atoms with Crippen LogP contribution < -0.4 is 5.32 Å². The maximum atomic E-state index is 3.47. The van der Waals surface area contributed by atoms with E-state index >= 15 is 0 Å². The summed E-state index contributed by atoms with van der Waals surface area (Å²) in [4.78, 5) is 2.63. The number of nitrogens with one attached hydrogen (secondary N) is 1. The van der Waals surface area contributed by atoms with Crippen molar-refractivity contribution in [2.75, 3.05) is 26.2 Å². The molecule has 1 unspecified atom stereocenters. The Bertz CT molecular complexity index is 341. The summed E-state index contributed by atoms with van der Waals surface area (Å²) in [5, 5.41) is 3.47. The zero-order valence-electron chi connectivity index (χ0n) is 11.1. The smallest absolute Gasteiger partial charge is 0.0322 e. The molecule has 0 spiro atoms. The Hall–Kier alpha value is -0.860. The molecule has 1 N–H and O–H groups in total. The molecule has 1 aliphatic rings. The van der Waals surface area contributed by atoms with Gasteiger partial charge < -0.3 is 5.32 Å². The van der Waals surface area contributed by atoms with E-state index in [0.29, 0.717) is 6.04 Å². The number of benzene rings is 1. The van der Waals surface area contributed by atoms with Crippen molar-refractivity contribution < 1.29 is 0 Å². The molecule has 1 fully saturated rings. The molecule has 0 bridgehead atoms.